The van der Waals surface area contributed by atoms with E-state index in [1.165, 1.54) is 5.57 Å². The molecule has 3 rings (SSSR count). The van der Waals surface area contributed by atoms with Gasteiger partial charge in [0.1, 0.15) is 11.4 Å². The molecule has 0 fully saturated rings. The van der Waals surface area contributed by atoms with Crippen molar-refractivity contribution in [3.63, 3.8) is 0 Å². The highest BCUT2D eigenvalue weighted by molar-refractivity contribution is 14.1. The van der Waals surface area contributed by atoms with E-state index in [2.05, 4.69) is 45.0 Å². The van der Waals surface area contributed by atoms with Crippen LogP contribution in [0.5, 0.6) is 0 Å². The molecule has 86 valence electrons. The first-order valence-electron chi connectivity index (χ1n) is 5.45. The van der Waals surface area contributed by atoms with Gasteiger partial charge in [-0.25, -0.2) is 4.68 Å². The normalized spacial score (nSPS) is 28.4. The third-order valence-electron chi connectivity index (χ3n) is 3.12. The van der Waals surface area contributed by atoms with Gasteiger partial charge in [0, 0.05) is 29.4 Å². The summed E-state index contributed by atoms with van der Waals surface area (Å²) in [6.45, 7) is 3.04. The molecule has 2 aliphatic heterocycles. The van der Waals surface area contributed by atoms with E-state index < -0.39 is 0 Å². The third-order valence-corrected chi connectivity index (χ3v) is 4.73. The first-order valence-corrected chi connectivity index (χ1v) is 6.98. The molecule has 1 unspecified atom stereocenters. The van der Waals surface area contributed by atoms with E-state index in [9.17, 15) is 0 Å². The maximum Gasteiger partial charge on any atom is 0.181 e. The number of hydrogen-bond donors (Lipinski definition) is 0. The minimum Gasteiger partial charge on any atom is -0.490 e. The van der Waals surface area contributed by atoms with Crippen molar-refractivity contribution in [2.75, 3.05) is 4.43 Å². The van der Waals surface area contributed by atoms with Gasteiger partial charge >= 0.3 is 0 Å². The Balaban J connectivity index is 2.02. The average Bonchev–Trinajstić information content (AvgIpc) is 2.82. The summed E-state index contributed by atoms with van der Waals surface area (Å²) in [4.78, 5) is 0. The van der Waals surface area contributed by atoms with E-state index in [4.69, 9.17) is 4.74 Å². The van der Waals surface area contributed by atoms with Gasteiger partial charge in [0.15, 0.2) is 5.82 Å². The second-order valence-electron chi connectivity index (χ2n) is 4.59. The van der Waals surface area contributed by atoms with Crippen LogP contribution in [-0.4, -0.2) is 30.2 Å². The van der Waals surface area contributed by atoms with Gasteiger partial charge in [0.25, 0.3) is 0 Å². The summed E-state index contributed by atoms with van der Waals surface area (Å²) < 4.78 is 8.95. The molecule has 1 aromatic rings. The van der Waals surface area contributed by atoms with Gasteiger partial charge in [0.05, 0.1) is 0 Å². The van der Waals surface area contributed by atoms with E-state index in [0.717, 1.165) is 41.8 Å². The van der Waals surface area contributed by atoms with Crippen LogP contribution in [0.1, 0.15) is 32.0 Å². The van der Waals surface area contributed by atoms with E-state index in [0.29, 0.717) is 0 Å². The maximum atomic E-state index is 6.07. The lowest BCUT2D eigenvalue weighted by atomic mass is 10.0. The molecule has 0 spiro atoms. The lowest BCUT2D eigenvalue weighted by Crippen LogP contribution is -2.26. The zero-order valence-electron chi connectivity index (χ0n) is 9.11. The highest BCUT2D eigenvalue weighted by atomic mass is 127. The van der Waals surface area contributed by atoms with Gasteiger partial charge in [-0.3, -0.25) is 0 Å². The maximum absolute atomic E-state index is 6.07. The van der Waals surface area contributed by atoms with Crippen molar-refractivity contribution in [2.24, 2.45) is 0 Å². The standard InChI is InChI=1S/C10H13IN4O/c1-10(6-11)5-7-8(16-10)3-2-4-15-9(7)12-13-14-15/h2-6H2,1H3. The summed E-state index contributed by atoms with van der Waals surface area (Å²) in [6.07, 6.45) is 2.96. The summed E-state index contributed by atoms with van der Waals surface area (Å²) >= 11 is 2.38. The molecule has 3 heterocycles. The molecular formula is C10H13IN4O. The molecule has 0 aromatic carbocycles. The predicted molar refractivity (Wildman–Crippen MR) is 67.0 cm³/mol. The molecule has 0 bridgehead atoms. The summed E-state index contributed by atoms with van der Waals surface area (Å²) in [6, 6.07) is 0. The van der Waals surface area contributed by atoms with Crippen molar-refractivity contribution in [1.82, 2.24) is 20.2 Å². The van der Waals surface area contributed by atoms with E-state index >= 15 is 0 Å². The van der Waals surface area contributed by atoms with E-state index in [-0.39, 0.29) is 5.60 Å². The monoisotopic (exact) mass is 332 g/mol. The van der Waals surface area contributed by atoms with Crippen molar-refractivity contribution in [3.8, 4) is 0 Å². The second-order valence-corrected chi connectivity index (χ2v) is 5.36. The number of tetrazole rings is 1. The van der Waals surface area contributed by atoms with Gasteiger partial charge in [0.2, 0.25) is 0 Å². The van der Waals surface area contributed by atoms with Gasteiger partial charge in [-0.2, -0.15) is 0 Å². The zero-order valence-corrected chi connectivity index (χ0v) is 11.3. The first kappa shape index (κ1) is 10.5. The van der Waals surface area contributed by atoms with E-state index in [1.54, 1.807) is 0 Å². The van der Waals surface area contributed by atoms with Crippen molar-refractivity contribution in [2.45, 2.75) is 38.3 Å². The molecule has 0 saturated carbocycles. The quantitative estimate of drug-likeness (QED) is 0.581. The fourth-order valence-corrected chi connectivity index (χ4v) is 2.73. The molecular weight excluding hydrogens is 319 g/mol. The number of aromatic nitrogens is 4. The minimum absolute atomic E-state index is 0.0701. The Morgan fingerprint density at radius 2 is 2.44 bits per heavy atom. The van der Waals surface area contributed by atoms with Crippen LogP contribution in [0.2, 0.25) is 0 Å². The fraction of sp³-hybridized carbons (Fsp3) is 0.700. The van der Waals surface area contributed by atoms with Crippen molar-refractivity contribution < 1.29 is 4.74 Å². The molecule has 1 aromatic heterocycles. The molecule has 0 saturated heterocycles. The molecule has 1 atom stereocenters. The van der Waals surface area contributed by atoms with Crippen LogP contribution in [0.15, 0.2) is 5.76 Å². The fourth-order valence-electron chi connectivity index (χ4n) is 2.31. The van der Waals surface area contributed by atoms with Gasteiger partial charge in [-0.1, -0.05) is 22.6 Å². The number of allylic oxidation sites excluding steroid dienone is 1. The number of nitrogens with zero attached hydrogens (tertiary/aromatic N) is 4. The highest BCUT2D eigenvalue weighted by Crippen LogP contribution is 2.42. The number of rotatable bonds is 1. The van der Waals surface area contributed by atoms with Crippen LogP contribution in [0, 0.1) is 0 Å². The number of halogens is 1. The zero-order chi connectivity index (χ0) is 11.2. The van der Waals surface area contributed by atoms with Crippen LogP contribution >= 0.6 is 22.6 Å². The molecule has 5 nitrogen and oxygen atoms in total. The Hall–Kier alpha value is -0.660. The Bertz CT molecular complexity index is 455. The third kappa shape index (κ3) is 1.54. The van der Waals surface area contributed by atoms with Crippen LogP contribution in [0.25, 0.3) is 5.57 Å². The SMILES string of the molecule is CC1(CI)CC2=C(CCCn3nnnc32)O1. The minimum atomic E-state index is -0.0701. The summed E-state index contributed by atoms with van der Waals surface area (Å²) in [5.74, 6) is 2.01. The number of ether oxygens (including phenoxy) is 1. The number of hydrogen-bond acceptors (Lipinski definition) is 4. The average molecular weight is 332 g/mol. The Kier molecular flexibility index (Phi) is 2.41. The summed E-state index contributed by atoms with van der Waals surface area (Å²) in [7, 11) is 0. The van der Waals surface area contributed by atoms with Crippen LogP contribution in [0.4, 0.5) is 0 Å². The van der Waals surface area contributed by atoms with E-state index in [1.807, 2.05) is 4.68 Å². The number of aryl methyl sites for hydroxylation is 1. The summed E-state index contributed by atoms with van der Waals surface area (Å²) in [5.41, 5.74) is 1.14. The van der Waals surface area contributed by atoms with Gasteiger partial charge in [-0.05, 0) is 23.8 Å². The lowest BCUT2D eigenvalue weighted by Gasteiger charge is -2.22. The summed E-state index contributed by atoms with van der Waals surface area (Å²) in [5, 5.41) is 11.9. The molecule has 0 N–H and O–H groups in total. The predicted octanol–water partition coefficient (Wildman–Crippen LogP) is 1.79. The van der Waals surface area contributed by atoms with Crippen molar-refractivity contribution in [1.29, 1.82) is 0 Å². The highest BCUT2D eigenvalue weighted by Gasteiger charge is 2.38. The Labute approximate surface area is 107 Å². The molecule has 0 aliphatic carbocycles. The number of alkyl halides is 1. The number of fused-ring (bicyclic) bond motifs is 2. The molecule has 6 heteroatoms. The topological polar surface area (TPSA) is 52.8 Å². The smallest absolute Gasteiger partial charge is 0.181 e. The molecule has 16 heavy (non-hydrogen) atoms. The van der Waals surface area contributed by atoms with Crippen molar-refractivity contribution in [3.05, 3.63) is 11.6 Å². The van der Waals surface area contributed by atoms with Crippen LogP contribution in [-0.2, 0) is 11.3 Å². The van der Waals surface area contributed by atoms with Crippen molar-refractivity contribution >= 4 is 28.2 Å². The van der Waals surface area contributed by atoms with Gasteiger partial charge in [-0.15, -0.1) is 5.10 Å². The lowest BCUT2D eigenvalue weighted by molar-refractivity contribution is 0.0630. The molecule has 2 aliphatic rings. The van der Waals surface area contributed by atoms with Crippen LogP contribution < -0.4 is 0 Å². The second kappa shape index (κ2) is 3.68. The Morgan fingerprint density at radius 3 is 3.25 bits per heavy atom. The molecule has 0 radical (unpaired) electrons. The van der Waals surface area contributed by atoms with Crippen LogP contribution in [0.3, 0.4) is 0 Å². The first-order chi connectivity index (χ1) is 7.72. The molecule has 0 amide bonds. The van der Waals surface area contributed by atoms with Gasteiger partial charge < -0.3 is 4.74 Å². The largest absolute Gasteiger partial charge is 0.490 e. The Morgan fingerprint density at radius 1 is 1.56 bits per heavy atom.